The monoisotopic (exact) mass is 342 g/mol. The largest absolute Gasteiger partial charge is 0.371 e. The van der Waals surface area contributed by atoms with Crippen molar-refractivity contribution in [2.24, 2.45) is 0 Å². The molecule has 4 heterocycles. The number of piperidine rings is 1. The van der Waals surface area contributed by atoms with Crippen LogP contribution in [-0.4, -0.2) is 52.1 Å². The van der Waals surface area contributed by atoms with Crippen LogP contribution >= 0.6 is 0 Å². The van der Waals surface area contributed by atoms with E-state index >= 15 is 0 Å². The van der Waals surface area contributed by atoms with Crippen molar-refractivity contribution in [3.8, 4) is 11.3 Å². The number of hydrogen-bond acceptors (Lipinski definition) is 5. The van der Waals surface area contributed by atoms with Crippen molar-refractivity contribution in [3.05, 3.63) is 42.5 Å². The van der Waals surface area contributed by atoms with Crippen LogP contribution in [0.15, 0.2) is 36.7 Å². The van der Waals surface area contributed by atoms with Crippen LogP contribution in [0.25, 0.3) is 11.3 Å². The molecule has 1 N–H and O–H groups in total. The van der Waals surface area contributed by atoms with E-state index in [0.29, 0.717) is 24.6 Å². The average Bonchev–Trinajstić information content (AvgIpc) is 2.61. The molecule has 1 aromatic carbocycles. The first-order valence-electron chi connectivity index (χ1n) is 8.37. The standard InChI is InChI=1S/C18H19FN4O2/c1-11(18(24)23-8-14-6-15(9-23)25-14)22-17-7-16(20-10-21-17)12-2-4-13(19)5-3-12/h2-5,7,10-11,14-15H,6,8-9H2,1H3,(H,20,21,22)/t11-,14?,15?/m1/s1. The zero-order valence-corrected chi connectivity index (χ0v) is 13.9. The summed E-state index contributed by atoms with van der Waals surface area (Å²) in [5.41, 5.74) is 1.46. The first kappa shape index (κ1) is 16.0. The highest BCUT2D eigenvalue weighted by atomic mass is 19.1. The van der Waals surface area contributed by atoms with E-state index in [-0.39, 0.29) is 23.9 Å². The van der Waals surface area contributed by atoms with Gasteiger partial charge in [-0.15, -0.1) is 0 Å². The molecule has 5 rings (SSSR count). The molecule has 0 spiro atoms. The third-order valence-electron chi connectivity index (χ3n) is 4.61. The zero-order chi connectivity index (χ0) is 17.4. The van der Waals surface area contributed by atoms with Crippen LogP contribution < -0.4 is 5.32 Å². The summed E-state index contributed by atoms with van der Waals surface area (Å²) in [5.74, 6) is 0.312. The van der Waals surface area contributed by atoms with E-state index in [9.17, 15) is 9.18 Å². The minimum absolute atomic E-state index is 0.0416. The molecule has 130 valence electrons. The molecule has 1 amide bonds. The van der Waals surface area contributed by atoms with E-state index in [4.69, 9.17) is 4.74 Å². The molecule has 2 unspecified atom stereocenters. The molecule has 3 saturated heterocycles. The van der Waals surface area contributed by atoms with E-state index in [1.165, 1.54) is 18.5 Å². The Morgan fingerprint density at radius 2 is 1.96 bits per heavy atom. The Morgan fingerprint density at radius 1 is 1.28 bits per heavy atom. The number of hydrogen-bond donors (Lipinski definition) is 1. The SMILES string of the molecule is C[C@@H](Nc1cc(-c2ccc(F)cc2)ncn1)C(=O)N1CC2CC(C1)O2. The molecule has 0 radical (unpaired) electrons. The van der Waals surface area contributed by atoms with Gasteiger partial charge < -0.3 is 15.0 Å². The van der Waals surface area contributed by atoms with Crippen molar-refractivity contribution in [1.29, 1.82) is 0 Å². The summed E-state index contributed by atoms with van der Waals surface area (Å²) >= 11 is 0. The van der Waals surface area contributed by atoms with Gasteiger partial charge in [0.2, 0.25) is 5.91 Å². The molecule has 3 atom stereocenters. The van der Waals surface area contributed by atoms with Gasteiger partial charge in [-0.2, -0.15) is 0 Å². The smallest absolute Gasteiger partial charge is 0.244 e. The van der Waals surface area contributed by atoms with Crippen molar-refractivity contribution in [3.63, 3.8) is 0 Å². The van der Waals surface area contributed by atoms with Crippen molar-refractivity contribution >= 4 is 11.7 Å². The highest BCUT2D eigenvalue weighted by molar-refractivity contribution is 5.84. The minimum atomic E-state index is -0.395. The normalized spacial score (nSPS) is 22.9. The fourth-order valence-corrected chi connectivity index (χ4v) is 3.31. The van der Waals surface area contributed by atoms with Gasteiger partial charge in [-0.05, 0) is 31.2 Å². The van der Waals surface area contributed by atoms with E-state index < -0.39 is 6.04 Å². The van der Waals surface area contributed by atoms with Gasteiger partial charge in [-0.1, -0.05) is 0 Å². The second-order valence-electron chi connectivity index (χ2n) is 6.52. The van der Waals surface area contributed by atoms with Crippen molar-refractivity contribution in [2.45, 2.75) is 31.6 Å². The Kier molecular flexibility index (Phi) is 4.09. The van der Waals surface area contributed by atoms with Gasteiger partial charge in [0.15, 0.2) is 0 Å². The predicted octanol–water partition coefficient (Wildman–Crippen LogP) is 2.08. The summed E-state index contributed by atoms with van der Waals surface area (Å²) < 4.78 is 18.6. The lowest BCUT2D eigenvalue weighted by atomic mass is 9.98. The second-order valence-corrected chi connectivity index (χ2v) is 6.52. The highest BCUT2D eigenvalue weighted by Crippen LogP contribution is 2.28. The predicted molar refractivity (Wildman–Crippen MR) is 90.4 cm³/mol. The van der Waals surface area contributed by atoms with Gasteiger partial charge >= 0.3 is 0 Å². The molecule has 2 aromatic rings. The summed E-state index contributed by atoms with van der Waals surface area (Å²) in [6, 6.07) is 7.47. The molecular weight excluding hydrogens is 323 g/mol. The lowest BCUT2D eigenvalue weighted by Gasteiger charge is -2.47. The number of anilines is 1. The molecule has 1 aromatic heterocycles. The number of morpholine rings is 1. The molecule has 6 nitrogen and oxygen atoms in total. The van der Waals surface area contributed by atoms with Gasteiger partial charge in [-0.25, -0.2) is 14.4 Å². The lowest BCUT2D eigenvalue weighted by molar-refractivity contribution is -0.188. The Hall–Kier alpha value is -2.54. The Balaban J connectivity index is 1.44. The third kappa shape index (κ3) is 3.32. The number of ether oxygens (including phenoxy) is 1. The summed E-state index contributed by atoms with van der Waals surface area (Å²) in [6.07, 6.45) is 2.87. The number of aromatic nitrogens is 2. The van der Waals surface area contributed by atoms with E-state index in [1.807, 2.05) is 11.8 Å². The minimum Gasteiger partial charge on any atom is -0.371 e. The Labute approximate surface area is 145 Å². The van der Waals surface area contributed by atoms with Crippen LogP contribution in [0.5, 0.6) is 0 Å². The summed E-state index contributed by atoms with van der Waals surface area (Å²) in [5, 5.41) is 3.13. The number of amides is 1. The van der Waals surface area contributed by atoms with Gasteiger partial charge in [0.25, 0.3) is 0 Å². The number of fused-ring (bicyclic) bond motifs is 2. The van der Waals surface area contributed by atoms with Crippen LogP contribution in [-0.2, 0) is 9.53 Å². The molecule has 3 aliphatic heterocycles. The quantitative estimate of drug-likeness (QED) is 0.921. The second kappa shape index (κ2) is 6.40. The van der Waals surface area contributed by atoms with Gasteiger partial charge in [0.05, 0.1) is 17.9 Å². The van der Waals surface area contributed by atoms with Crippen LogP contribution in [0, 0.1) is 5.82 Å². The van der Waals surface area contributed by atoms with Crippen LogP contribution in [0.1, 0.15) is 13.3 Å². The topological polar surface area (TPSA) is 67.4 Å². The van der Waals surface area contributed by atoms with Crippen molar-refractivity contribution in [2.75, 3.05) is 18.4 Å². The molecule has 3 aliphatic rings. The van der Waals surface area contributed by atoms with E-state index in [2.05, 4.69) is 15.3 Å². The summed E-state index contributed by atoms with van der Waals surface area (Å²) in [7, 11) is 0. The van der Waals surface area contributed by atoms with Crippen LogP contribution in [0.2, 0.25) is 0 Å². The van der Waals surface area contributed by atoms with Crippen LogP contribution in [0.4, 0.5) is 10.2 Å². The highest BCUT2D eigenvalue weighted by Gasteiger charge is 2.40. The number of carbonyl (C=O) groups is 1. The Bertz CT molecular complexity index is 767. The maximum atomic E-state index is 13.1. The lowest BCUT2D eigenvalue weighted by Crippen LogP contribution is -2.60. The summed E-state index contributed by atoms with van der Waals surface area (Å²) in [6.45, 7) is 3.14. The number of carbonyl (C=O) groups excluding carboxylic acids is 1. The number of nitrogens with one attached hydrogen (secondary N) is 1. The molecule has 7 heteroatoms. The van der Waals surface area contributed by atoms with Crippen LogP contribution in [0.3, 0.4) is 0 Å². The summed E-state index contributed by atoms with van der Waals surface area (Å²) in [4.78, 5) is 22.8. The maximum absolute atomic E-state index is 13.1. The van der Waals surface area contributed by atoms with Crippen molar-refractivity contribution < 1.29 is 13.9 Å². The first-order chi connectivity index (χ1) is 12.1. The molecule has 25 heavy (non-hydrogen) atoms. The van der Waals surface area contributed by atoms with Gasteiger partial charge in [0, 0.05) is 31.1 Å². The fraction of sp³-hybridized carbons (Fsp3) is 0.389. The number of rotatable bonds is 4. The molecule has 0 saturated carbocycles. The zero-order valence-electron chi connectivity index (χ0n) is 13.9. The maximum Gasteiger partial charge on any atom is 0.244 e. The number of nitrogens with zero attached hydrogens (tertiary/aromatic N) is 3. The van der Waals surface area contributed by atoms with E-state index in [0.717, 1.165) is 12.0 Å². The van der Waals surface area contributed by atoms with Crippen molar-refractivity contribution in [1.82, 2.24) is 14.9 Å². The Morgan fingerprint density at radius 3 is 2.64 bits per heavy atom. The molecule has 3 fully saturated rings. The molecular formula is C18H19FN4O2. The van der Waals surface area contributed by atoms with Gasteiger partial charge in [-0.3, -0.25) is 4.79 Å². The average molecular weight is 342 g/mol. The van der Waals surface area contributed by atoms with E-state index in [1.54, 1.807) is 18.2 Å². The molecule has 2 bridgehead atoms. The number of benzene rings is 1. The van der Waals surface area contributed by atoms with Gasteiger partial charge in [0.1, 0.15) is 24.0 Å². The third-order valence-corrected chi connectivity index (χ3v) is 4.61. The first-order valence-corrected chi connectivity index (χ1v) is 8.37. The fourth-order valence-electron chi connectivity index (χ4n) is 3.31. The molecule has 0 aliphatic carbocycles. The number of halogens is 1.